The van der Waals surface area contributed by atoms with Gasteiger partial charge < -0.3 is 5.32 Å². The van der Waals surface area contributed by atoms with E-state index in [-0.39, 0.29) is 0 Å². The van der Waals surface area contributed by atoms with Crippen molar-refractivity contribution in [3.8, 4) is 11.4 Å². The van der Waals surface area contributed by atoms with Gasteiger partial charge in [0.1, 0.15) is 5.82 Å². The van der Waals surface area contributed by atoms with Crippen LogP contribution >= 0.6 is 0 Å². The van der Waals surface area contributed by atoms with Crippen molar-refractivity contribution < 1.29 is 0 Å². The van der Waals surface area contributed by atoms with Crippen molar-refractivity contribution in [2.45, 2.75) is 13.8 Å². The Hall–Kier alpha value is -3.21. The second-order valence-corrected chi connectivity index (χ2v) is 5.84. The standard InChI is InChI=1S/C19H17N5/c1-12-6-5-7-14(10-12)18-20-16-9-4-3-8-15(16)19(22-18)21-17-11-13(2)23-24-17/h3-11H,1-2H3,(H2,20,21,22,23,24). The fourth-order valence-corrected chi connectivity index (χ4v) is 2.69. The SMILES string of the molecule is Cc1cccc(-c2nc(Nc3cc(C)[nH]n3)c3ccccc3n2)c1. The fourth-order valence-electron chi connectivity index (χ4n) is 2.69. The van der Waals surface area contributed by atoms with E-state index in [4.69, 9.17) is 9.97 Å². The van der Waals surface area contributed by atoms with Gasteiger partial charge in [-0.3, -0.25) is 5.10 Å². The number of anilines is 2. The molecule has 2 aromatic carbocycles. The number of benzene rings is 2. The number of hydrogen-bond donors (Lipinski definition) is 2. The summed E-state index contributed by atoms with van der Waals surface area (Å²) < 4.78 is 0. The third kappa shape index (κ3) is 2.72. The summed E-state index contributed by atoms with van der Waals surface area (Å²) in [6, 6.07) is 18.1. The van der Waals surface area contributed by atoms with Crippen molar-refractivity contribution in [1.29, 1.82) is 0 Å². The van der Waals surface area contributed by atoms with E-state index < -0.39 is 0 Å². The maximum absolute atomic E-state index is 4.74. The second-order valence-electron chi connectivity index (χ2n) is 5.84. The highest BCUT2D eigenvalue weighted by Gasteiger charge is 2.10. The van der Waals surface area contributed by atoms with Crippen molar-refractivity contribution in [3.63, 3.8) is 0 Å². The third-order valence-corrected chi connectivity index (χ3v) is 3.83. The average Bonchev–Trinajstić information content (AvgIpc) is 3.00. The van der Waals surface area contributed by atoms with Crippen LogP contribution in [-0.2, 0) is 0 Å². The highest BCUT2D eigenvalue weighted by Crippen LogP contribution is 2.27. The topological polar surface area (TPSA) is 66.5 Å². The first-order valence-electron chi connectivity index (χ1n) is 7.82. The molecule has 4 rings (SSSR count). The Morgan fingerprint density at radius 3 is 2.58 bits per heavy atom. The molecule has 24 heavy (non-hydrogen) atoms. The molecule has 0 saturated carbocycles. The molecule has 0 aliphatic carbocycles. The predicted octanol–water partition coefficient (Wildman–Crippen LogP) is 4.38. The largest absolute Gasteiger partial charge is 0.323 e. The Balaban J connectivity index is 1.87. The fraction of sp³-hybridized carbons (Fsp3) is 0.105. The number of rotatable bonds is 3. The molecule has 0 amide bonds. The van der Waals surface area contributed by atoms with Gasteiger partial charge in [0.25, 0.3) is 0 Å². The number of para-hydroxylation sites is 1. The summed E-state index contributed by atoms with van der Waals surface area (Å²) in [6.45, 7) is 4.03. The number of hydrogen-bond acceptors (Lipinski definition) is 4. The molecule has 0 radical (unpaired) electrons. The van der Waals surface area contributed by atoms with Crippen LogP contribution in [0.5, 0.6) is 0 Å². The van der Waals surface area contributed by atoms with Crippen LogP contribution < -0.4 is 5.32 Å². The van der Waals surface area contributed by atoms with Gasteiger partial charge in [0.05, 0.1) is 5.52 Å². The number of fused-ring (bicyclic) bond motifs is 1. The number of nitrogens with zero attached hydrogens (tertiary/aromatic N) is 3. The number of nitrogens with one attached hydrogen (secondary N) is 2. The van der Waals surface area contributed by atoms with Gasteiger partial charge in [-0.2, -0.15) is 5.10 Å². The van der Waals surface area contributed by atoms with E-state index in [1.807, 2.05) is 49.4 Å². The molecule has 0 unspecified atom stereocenters. The Kier molecular flexibility index (Phi) is 3.46. The zero-order valence-corrected chi connectivity index (χ0v) is 13.5. The average molecular weight is 315 g/mol. The molecular weight excluding hydrogens is 298 g/mol. The quantitative estimate of drug-likeness (QED) is 0.589. The Morgan fingerprint density at radius 2 is 1.79 bits per heavy atom. The zero-order chi connectivity index (χ0) is 16.5. The van der Waals surface area contributed by atoms with Crippen molar-refractivity contribution in [2.75, 3.05) is 5.32 Å². The van der Waals surface area contributed by atoms with Gasteiger partial charge in [-0.05, 0) is 32.0 Å². The van der Waals surface area contributed by atoms with Gasteiger partial charge >= 0.3 is 0 Å². The highest BCUT2D eigenvalue weighted by atomic mass is 15.2. The van der Waals surface area contributed by atoms with Gasteiger partial charge in [-0.1, -0.05) is 35.9 Å². The summed E-state index contributed by atoms with van der Waals surface area (Å²) in [5, 5.41) is 11.4. The molecule has 0 aliphatic rings. The molecule has 2 heterocycles. The first-order valence-corrected chi connectivity index (χ1v) is 7.82. The van der Waals surface area contributed by atoms with Crippen LogP contribution in [0.4, 0.5) is 11.6 Å². The smallest absolute Gasteiger partial charge is 0.162 e. The van der Waals surface area contributed by atoms with E-state index in [0.717, 1.165) is 33.8 Å². The van der Waals surface area contributed by atoms with E-state index >= 15 is 0 Å². The Morgan fingerprint density at radius 1 is 0.917 bits per heavy atom. The van der Waals surface area contributed by atoms with Crippen LogP contribution in [0.15, 0.2) is 54.6 Å². The lowest BCUT2D eigenvalue weighted by Crippen LogP contribution is -1.99. The van der Waals surface area contributed by atoms with Crippen molar-refractivity contribution in [1.82, 2.24) is 20.2 Å². The third-order valence-electron chi connectivity index (χ3n) is 3.83. The minimum Gasteiger partial charge on any atom is -0.323 e. The molecular formula is C19H17N5. The van der Waals surface area contributed by atoms with Gasteiger partial charge in [-0.25, -0.2) is 9.97 Å². The van der Waals surface area contributed by atoms with Crippen molar-refractivity contribution in [3.05, 3.63) is 65.9 Å². The van der Waals surface area contributed by atoms with Crippen LogP contribution in [0.2, 0.25) is 0 Å². The number of aromatic amines is 1. The van der Waals surface area contributed by atoms with Crippen LogP contribution in [0, 0.1) is 13.8 Å². The zero-order valence-electron chi connectivity index (χ0n) is 13.5. The van der Waals surface area contributed by atoms with E-state index in [1.165, 1.54) is 5.56 Å². The predicted molar refractivity (Wildman–Crippen MR) is 96.3 cm³/mol. The molecule has 5 nitrogen and oxygen atoms in total. The van der Waals surface area contributed by atoms with Gasteiger partial charge in [0.15, 0.2) is 11.6 Å². The minimum absolute atomic E-state index is 0.701. The molecule has 0 fully saturated rings. The van der Waals surface area contributed by atoms with Crippen molar-refractivity contribution >= 4 is 22.5 Å². The maximum atomic E-state index is 4.74. The van der Waals surface area contributed by atoms with Gasteiger partial charge in [-0.15, -0.1) is 0 Å². The normalized spacial score (nSPS) is 10.9. The minimum atomic E-state index is 0.701. The van der Waals surface area contributed by atoms with E-state index in [0.29, 0.717) is 5.82 Å². The molecule has 118 valence electrons. The first kappa shape index (κ1) is 14.4. The molecule has 0 atom stereocenters. The lowest BCUT2D eigenvalue weighted by molar-refractivity contribution is 1.05. The monoisotopic (exact) mass is 315 g/mol. The van der Waals surface area contributed by atoms with E-state index in [9.17, 15) is 0 Å². The summed E-state index contributed by atoms with van der Waals surface area (Å²) in [6.07, 6.45) is 0. The summed E-state index contributed by atoms with van der Waals surface area (Å²) in [4.78, 5) is 9.46. The van der Waals surface area contributed by atoms with Crippen molar-refractivity contribution in [2.24, 2.45) is 0 Å². The molecule has 4 aromatic rings. The van der Waals surface area contributed by atoms with Gasteiger partial charge in [0.2, 0.25) is 0 Å². The molecule has 0 saturated heterocycles. The van der Waals surface area contributed by atoms with Crippen LogP contribution in [0.3, 0.4) is 0 Å². The number of aromatic nitrogens is 4. The lowest BCUT2D eigenvalue weighted by Gasteiger charge is -2.09. The highest BCUT2D eigenvalue weighted by molar-refractivity contribution is 5.91. The molecule has 0 bridgehead atoms. The summed E-state index contributed by atoms with van der Waals surface area (Å²) in [5.41, 5.74) is 4.08. The van der Waals surface area contributed by atoms with Gasteiger partial charge in [0, 0.05) is 22.7 Å². The summed E-state index contributed by atoms with van der Waals surface area (Å²) in [5.74, 6) is 2.20. The number of aryl methyl sites for hydroxylation is 2. The Bertz CT molecular complexity index is 1020. The molecule has 5 heteroatoms. The van der Waals surface area contributed by atoms with Crippen LogP contribution in [0.25, 0.3) is 22.3 Å². The lowest BCUT2D eigenvalue weighted by atomic mass is 10.1. The number of H-pyrrole nitrogens is 1. The Labute approximate surface area is 139 Å². The first-order chi connectivity index (χ1) is 11.7. The molecule has 2 N–H and O–H groups in total. The van der Waals surface area contributed by atoms with Crippen LogP contribution in [0.1, 0.15) is 11.3 Å². The van der Waals surface area contributed by atoms with E-state index in [2.05, 4.69) is 34.6 Å². The molecule has 0 aliphatic heterocycles. The summed E-state index contributed by atoms with van der Waals surface area (Å²) in [7, 11) is 0. The molecule has 2 aromatic heterocycles. The maximum Gasteiger partial charge on any atom is 0.162 e. The van der Waals surface area contributed by atoms with Crippen LogP contribution in [-0.4, -0.2) is 20.2 Å². The second kappa shape index (κ2) is 5.77. The van der Waals surface area contributed by atoms with E-state index in [1.54, 1.807) is 0 Å². The summed E-state index contributed by atoms with van der Waals surface area (Å²) >= 11 is 0. The molecule has 0 spiro atoms.